The molecule has 4 atom stereocenters. The lowest BCUT2D eigenvalue weighted by Crippen LogP contribution is -2.60. The molecule has 7 rings (SSSR count). The number of amides is 2. The molecule has 3 unspecified atom stereocenters. The van der Waals surface area contributed by atoms with Gasteiger partial charge in [0.15, 0.2) is 0 Å². The largest absolute Gasteiger partial charge is 0.480 e. The van der Waals surface area contributed by atoms with Crippen molar-refractivity contribution in [3.63, 3.8) is 0 Å². The number of morpholine rings is 1. The van der Waals surface area contributed by atoms with Crippen molar-refractivity contribution in [1.29, 1.82) is 0 Å². The molecule has 17 heteroatoms. The number of carbonyl (C=O) groups excluding carboxylic acids is 3. The lowest BCUT2D eigenvalue weighted by Gasteiger charge is -2.44. The first-order valence-electron chi connectivity index (χ1n) is 24.1. The molecule has 3 aliphatic rings. The third-order valence-electron chi connectivity index (χ3n) is 13.2. The molecule has 0 radical (unpaired) electrons. The number of alkyl halides is 1. The van der Waals surface area contributed by atoms with E-state index in [0.717, 1.165) is 77.5 Å². The number of methoxy groups -OCH3 is 1. The van der Waals surface area contributed by atoms with Gasteiger partial charge >= 0.3 is 18.0 Å². The number of nitrogens with one attached hydrogen (secondary N) is 2. The zero-order chi connectivity index (χ0) is 49.8. The van der Waals surface area contributed by atoms with Gasteiger partial charge in [0, 0.05) is 81.6 Å². The highest BCUT2D eigenvalue weighted by molar-refractivity contribution is 5.96. The second-order valence-electron chi connectivity index (χ2n) is 20.4. The number of carboxylic acid groups (broad SMARTS) is 1. The molecule has 0 aliphatic carbocycles. The third-order valence-corrected chi connectivity index (χ3v) is 13.2. The van der Waals surface area contributed by atoms with Gasteiger partial charge in [0.05, 0.1) is 55.2 Å². The molecule has 16 nitrogen and oxygen atoms in total. The van der Waals surface area contributed by atoms with Crippen molar-refractivity contribution in [2.45, 2.75) is 124 Å². The van der Waals surface area contributed by atoms with Gasteiger partial charge in [-0.1, -0.05) is 32.0 Å². The molecular formula is C52H70FN7O9. The van der Waals surface area contributed by atoms with Gasteiger partial charge in [-0.05, 0) is 106 Å². The maximum Gasteiger partial charge on any atom is 0.408 e. The van der Waals surface area contributed by atoms with Crippen molar-refractivity contribution in [1.82, 2.24) is 30.2 Å². The minimum absolute atomic E-state index is 0.0321. The van der Waals surface area contributed by atoms with Crippen molar-refractivity contribution in [3.8, 4) is 22.4 Å². The molecule has 0 spiro atoms. The summed E-state index contributed by atoms with van der Waals surface area (Å²) >= 11 is 0. The van der Waals surface area contributed by atoms with Gasteiger partial charge in [-0.2, -0.15) is 0 Å². The zero-order valence-corrected chi connectivity index (χ0v) is 41.7. The number of hydrogen-bond acceptors (Lipinski definition) is 12. The van der Waals surface area contributed by atoms with Crippen LogP contribution in [0.1, 0.15) is 96.7 Å². The molecule has 3 fully saturated rings. The van der Waals surface area contributed by atoms with E-state index >= 15 is 0 Å². The number of hydrazine groups is 1. The second-order valence-corrected chi connectivity index (χ2v) is 20.4. The van der Waals surface area contributed by atoms with Crippen LogP contribution in [0, 0.1) is 5.41 Å². The number of anilines is 1. The Hall–Kier alpha value is -5.62. The van der Waals surface area contributed by atoms with Crippen LogP contribution in [0.15, 0.2) is 48.7 Å². The van der Waals surface area contributed by atoms with Crippen LogP contribution in [-0.2, 0) is 59.4 Å². The summed E-state index contributed by atoms with van der Waals surface area (Å²) in [5.74, 6) is -1.98. The summed E-state index contributed by atoms with van der Waals surface area (Å²) in [6.45, 7) is 20.1. The van der Waals surface area contributed by atoms with Gasteiger partial charge in [0.1, 0.15) is 24.4 Å². The first-order valence-corrected chi connectivity index (χ1v) is 24.1. The number of alkyl carbamates (subject to hydrolysis) is 1. The number of pyridine rings is 1. The average Bonchev–Trinajstić information content (AvgIpc) is 3.62. The number of halogens is 1. The quantitative estimate of drug-likeness (QED) is 0.0960. The van der Waals surface area contributed by atoms with Crippen molar-refractivity contribution in [2.75, 3.05) is 64.6 Å². The molecule has 4 aromatic rings. The molecule has 2 amide bonds. The molecule has 0 bridgehead atoms. The van der Waals surface area contributed by atoms with E-state index in [1.165, 1.54) is 11.9 Å². The van der Waals surface area contributed by atoms with Crippen LogP contribution in [-0.4, -0.2) is 132 Å². The lowest BCUT2D eigenvalue weighted by molar-refractivity contribution is -0.148. The number of aliphatic carboxylic acids is 1. The maximum absolute atomic E-state index is 14.9. The fraction of sp³-hybridized carbons (Fsp3) is 0.558. The number of aromatic nitrogens is 2. The molecule has 2 aromatic carbocycles. The van der Waals surface area contributed by atoms with Gasteiger partial charge < -0.3 is 38.8 Å². The van der Waals surface area contributed by atoms with Crippen LogP contribution in [0.25, 0.3) is 33.3 Å². The van der Waals surface area contributed by atoms with Crippen LogP contribution in [0.5, 0.6) is 0 Å². The number of esters is 1. The van der Waals surface area contributed by atoms with Gasteiger partial charge in [0.2, 0.25) is 0 Å². The van der Waals surface area contributed by atoms with E-state index in [0.29, 0.717) is 49.1 Å². The van der Waals surface area contributed by atoms with E-state index < -0.39 is 47.7 Å². The fourth-order valence-electron chi connectivity index (χ4n) is 9.81. The van der Waals surface area contributed by atoms with Crippen molar-refractivity contribution in [2.24, 2.45) is 5.41 Å². The van der Waals surface area contributed by atoms with Crippen molar-refractivity contribution < 1.29 is 47.6 Å². The van der Waals surface area contributed by atoms with Crippen molar-refractivity contribution >= 4 is 40.5 Å². The molecular weight excluding hydrogens is 886 g/mol. The number of carboxylic acids is 1. The number of benzene rings is 2. The summed E-state index contributed by atoms with van der Waals surface area (Å²) in [4.78, 5) is 61.5. The number of fused-ring (bicyclic) bond motifs is 2. The van der Waals surface area contributed by atoms with Crippen molar-refractivity contribution in [3.05, 3.63) is 71.0 Å². The van der Waals surface area contributed by atoms with Gasteiger partial charge in [-0.3, -0.25) is 29.3 Å². The molecule has 69 heavy (non-hydrogen) atoms. The minimum atomic E-state index is -1.18. The lowest BCUT2D eigenvalue weighted by atomic mass is 9.84. The highest BCUT2D eigenvalue weighted by Gasteiger charge is 2.35. The number of rotatable bonds is 16. The van der Waals surface area contributed by atoms with Crippen LogP contribution >= 0.6 is 0 Å². The first-order chi connectivity index (χ1) is 32.8. The Morgan fingerprint density at radius 2 is 1.78 bits per heavy atom. The summed E-state index contributed by atoms with van der Waals surface area (Å²) in [7, 11) is 1.68. The zero-order valence-electron chi connectivity index (χ0n) is 41.7. The van der Waals surface area contributed by atoms with Gasteiger partial charge in [-0.15, -0.1) is 0 Å². The summed E-state index contributed by atoms with van der Waals surface area (Å²) in [5.41, 5.74) is 9.63. The van der Waals surface area contributed by atoms with E-state index in [1.54, 1.807) is 40.0 Å². The highest BCUT2D eigenvalue weighted by Crippen LogP contribution is 2.43. The maximum atomic E-state index is 14.9. The Labute approximate surface area is 404 Å². The number of piperazine rings is 1. The normalized spacial score (nSPS) is 18.9. The van der Waals surface area contributed by atoms with E-state index in [-0.39, 0.29) is 37.7 Å². The molecule has 5 heterocycles. The Kier molecular flexibility index (Phi) is 16.0. The molecule has 2 aromatic heterocycles. The summed E-state index contributed by atoms with van der Waals surface area (Å²) in [6, 6.07) is 12.0. The third kappa shape index (κ3) is 12.2. The Morgan fingerprint density at radius 1 is 1.01 bits per heavy atom. The van der Waals surface area contributed by atoms with Crippen LogP contribution in [0.3, 0.4) is 0 Å². The molecule has 3 saturated heterocycles. The highest BCUT2D eigenvalue weighted by atomic mass is 19.1. The predicted molar refractivity (Wildman–Crippen MR) is 261 cm³/mol. The standard InChI is InChI=1S/C52H70FN7O9/c1-10-59-45-14-13-36(37-21-34(20-35(22-37)27-53)23-44(55-50(65)69-51(4,5)6)48(62)60-15-11-12-43(56-60)49(63)64)24-40(45)42(26-52(7,8)31-68-33(3)61)47(59)41-25-38(28-54-46(41)32(2)66-9)58-17-16-57-18-19-67-30-39(57)29-58/h13-14,20-22,24-25,28,32,39,43-44,56H,10-12,15-19,23,26-27,29-31H2,1-9H3,(H,55,65)(H,63,64)/t32-,39?,43?,44?/m0/s1. The van der Waals surface area contributed by atoms with E-state index in [1.807, 2.05) is 25.3 Å². The molecule has 3 aliphatic heterocycles. The smallest absolute Gasteiger partial charge is 0.408 e. The monoisotopic (exact) mass is 956 g/mol. The number of aryl methyl sites for hydroxylation is 1. The Bertz CT molecular complexity index is 2520. The number of nitrogens with zero attached hydrogens (tertiary/aromatic N) is 5. The topological polar surface area (TPSA) is 177 Å². The van der Waals surface area contributed by atoms with Crippen LogP contribution in [0.4, 0.5) is 14.9 Å². The summed E-state index contributed by atoms with van der Waals surface area (Å²) < 4.78 is 40.3. The molecule has 0 saturated carbocycles. The van der Waals surface area contributed by atoms with Gasteiger partial charge in [-0.25, -0.2) is 14.6 Å². The van der Waals surface area contributed by atoms with E-state index in [2.05, 4.69) is 64.1 Å². The van der Waals surface area contributed by atoms with E-state index in [9.17, 15) is 28.7 Å². The fourth-order valence-corrected chi connectivity index (χ4v) is 9.81. The Morgan fingerprint density at radius 3 is 2.48 bits per heavy atom. The molecule has 3 N–H and O–H groups in total. The number of ether oxygens (including phenoxy) is 4. The predicted octanol–water partition coefficient (Wildman–Crippen LogP) is 7.24. The van der Waals surface area contributed by atoms with Crippen LogP contribution in [0.2, 0.25) is 0 Å². The average molecular weight is 956 g/mol. The Balaban J connectivity index is 1.34. The summed E-state index contributed by atoms with van der Waals surface area (Å²) in [5, 5.41) is 14.7. The SMILES string of the molecule is CCn1c(-c2cc(N3CCN4CCOCC4C3)cnc2[C@H](C)OC)c(CC(C)(C)COC(C)=O)c2cc(-c3cc(CF)cc(CC(NC(=O)OC(C)(C)C)C(=O)N4CCCC(C(=O)O)N4)c3)ccc21. The number of carbonyl (C=O) groups is 4. The van der Waals surface area contributed by atoms with Gasteiger partial charge in [0.25, 0.3) is 5.91 Å². The second kappa shape index (κ2) is 21.6. The summed E-state index contributed by atoms with van der Waals surface area (Å²) in [6.07, 6.45) is 2.07. The minimum Gasteiger partial charge on any atom is -0.480 e. The molecule has 374 valence electrons. The van der Waals surface area contributed by atoms with E-state index in [4.69, 9.17) is 23.9 Å². The van der Waals surface area contributed by atoms with Crippen LogP contribution < -0.4 is 15.6 Å². The first kappa shape index (κ1) is 51.2. The number of hydrogen-bond donors (Lipinski definition) is 3.